The number of halogens is 2. The van der Waals surface area contributed by atoms with Gasteiger partial charge >= 0.3 is 0 Å². The van der Waals surface area contributed by atoms with Crippen molar-refractivity contribution in [1.29, 1.82) is 0 Å². The lowest BCUT2D eigenvalue weighted by atomic mass is 9.76. The number of hydrogen-bond acceptors (Lipinski definition) is 2. The van der Waals surface area contributed by atoms with Crippen LogP contribution in [0.25, 0.3) is 0 Å². The van der Waals surface area contributed by atoms with Gasteiger partial charge in [-0.3, -0.25) is 5.01 Å². The number of nitrogens with zero attached hydrogens (tertiary/aromatic N) is 3. The maximum absolute atomic E-state index is 6.33. The molecule has 0 aromatic heterocycles. The molecule has 1 saturated heterocycles. The average Bonchev–Trinajstić information content (AvgIpc) is 2.95. The van der Waals surface area contributed by atoms with E-state index in [1.165, 1.54) is 5.56 Å². The lowest BCUT2D eigenvalue weighted by Crippen LogP contribution is -2.77. The molecule has 0 spiro atoms. The van der Waals surface area contributed by atoms with Crippen LogP contribution < -0.4 is 10.0 Å². The first-order valence-electron chi connectivity index (χ1n) is 12.5. The predicted octanol–water partition coefficient (Wildman–Crippen LogP) is 9.22. The van der Waals surface area contributed by atoms with Gasteiger partial charge in [-0.2, -0.15) is 0 Å². The standard InChI is InChI=1S/C33H25Cl2N3/c1-24-12-18-29(19-13-24)36-32-33(25-8-4-2-5-9-25,26-10-6-3-7-11-26)38(31-22-16-28(35)17-23-31)37(32)30-20-14-27(34)15-21-30/h2-23H,1H3. The van der Waals surface area contributed by atoms with Crippen LogP contribution in [0.4, 0.5) is 17.1 Å². The summed E-state index contributed by atoms with van der Waals surface area (Å²) in [6.07, 6.45) is 0. The molecule has 5 aromatic rings. The summed E-state index contributed by atoms with van der Waals surface area (Å²) in [6.45, 7) is 2.08. The molecule has 0 unspecified atom stereocenters. The van der Waals surface area contributed by atoms with E-state index < -0.39 is 5.54 Å². The number of amidine groups is 1. The summed E-state index contributed by atoms with van der Waals surface area (Å²) in [7, 11) is 0. The zero-order chi connectivity index (χ0) is 26.1. The summed E-state index contributed by atoms with van der Waals surface area (Å²) >= 11 is 12.6. The fourth-order valence-electron chi connectivity index (χ4n) is 5.06. The number of hydrogen-bond donors (Lipinski definition) is 0. The van der Waals surface area contributed by atoms with Crippen LogP contribution >= 0.6 is 23.2 Å². The SMILES string of the molecule is Cc1ccc(N=C2N(c3ccc(Cl)cc3)N(c3ccc(Cl)cc3)C2(c2ccccc2)c2ccccc2)cc1. The van der Waals surface area contributed by atoms with Crippen molar-refractivity contribution in [3.05, 3.63) is 160 Å². The van der Waals surface area contributed by atoms with Gasteiger partial charge in [0.2, 0.25) is 0 Å². The van der Waals surface area contributed by atoms with Crippen molar-refractivity contribution in [1.82, 2.24) is 0 Å². The summed E-state index contributed by atoms with van der Waals surface area (Å²) in [5.41, 5.74) is 5.53. The third kappa shape index (κ3) is 4.14. The van der Waals surface area contributed by atoms with E-state index >= 15 is 0 Å². The minimum absolute atomic E-state index is 0.682. The van der Waals surface area contributed by atoms with Crippen molar-refractivity contribution in [2.24, 2.45) is 4.99 Å². The van der Waals surface area contributed by atoms with E-state index in [1.807, 2.05) is 48.5 Å². The molecule has 5 heteroatoms. The van der Waals surface area contributed by atoms with E-state index in [1.54, 1.807) is 0 Å². The predicted molar refractivity (Wildman–Crippen MR) is 160 cm³/mol. The zero-order valence-corrected chi connectivity index (χ0v) is 22.3. The maximum Gasteiger partial charge on any atom is 0.171 e. The van der Waals surface area contributed by atoms with Gasteiger partial charge in [0.1, 0.15) is 0 Å². The lowest BCUT2D eigenvalue weighted by molar-refractivity contribution is 0.535. The molecule has 1 heterocycles. The summed E-state index contributed by atoms with van der Waals surface area (Å²) in [4.78, 5) is 5.33. The fourth-order valence-corrected chi connectivity index (χ4v) is 5.31. The smallest absolute Gasteiger partial charge is 0.171 e. The third-order valence-corrected chi connectivity index (χ3v) is 7.34. The van der Waals surface area contributed by atoms with E-state index in [4.69, 9.17) is 28.2 Å². The van der Waals surface area contributed by atoms with E-state index in [9.17, 15) is 0 Å². The Bertz CT molecular complexity index is 1530. The molecular formula is C33H25Cl2N3. The Morgan fingerprint density at radius 2 is 1.03 bits per heavy atom. The van der Waals surface area contributed by atoms with Gasteiger partial charge in [-0.05, 0) is 78.7 Å². The summed E-state index contributed by atoms with van der Waals surface area (Å²) in [5, 5.41) is 5.83. The van der Waals surface area contributed by atoms with Gasteiger partial charge in [0, 0.05) is 10.0 Å². The first-order valence-corrected chi connectivity index (χ1v) is 13.2. The first-order chi connectivity index (χ1) is 18.6. The van der Waals surface area contributed by atoms with Crippen molar-refractivity contribution in [2.45, 2.75) is 12.5 Å². The zero-order valence-electron chi connectivity index (χ0n) is 20.8. The summed E-state index contributed by atoms with van der Waals surface area (Å²) in [5.74, 6) is 0.885. The molecule has 0 atom stereocenters. The van der Waals surface area contributed by atoms with Gasteiger partial charge in [-0.1, -0.05) is 102 Å². The molecule has 0 N–H and O–H groups in total. The third-order valence-electron chi connectivity index (χ3n) is 6.84. The topological polar surface area (TPSA) is 18.8 Å². The van der Waals surface area contributed by atoms with Crippen LogP contribution in [0.2, 0.25) is 10.0 Å². The molecule has 186 valence electrons. The monoisotopic (exact) mass is 533 g/mol. The molecule has 0 radical (unpaired) electrons. The molecular weight excluding hydrogens is 509 g/mol. The Morgan fingerprint density at radius 3 is 1.53 bits per heavy atom. The van der Waals surface area contributed by atoms with Crippen LogP contribution in [0.15, 0.2) is 138 Å². The van der Waals surface area contributed by atoms with Crippen LogP contribution in [-0.2, 0) is 5.54 Å². The molecule has 1 aliphatic heterocycles. The van der Waals surface area contributed by atoms with Crippen LogP contribution in [0, 0.1) is 6.92 Å². The fraction of sp³-hybridized carbons (Fsp3) is 0.0606. The number of aryl methyl sites for hydroxylation is 1. The minimum atomic E-state index is -0.707. The second-order valence-electron chi connectivity index (χ2n) is 9.29. The Kier molecular flexibility index (Phi) is 6.40. The highest BCUT2D eigenvalue weighted by molar-refractivity contribution is 6.31. The average molecular weight is 534 g/mol. The highest BCUT2D eigenvalue weighted by Gasteiger charge is 2.60. The van der Waals surface area contributed by atoms with Crippen LogP contribution in [0.1, 0.15) is 16.7 Å². The van der Waals surface area contributed by atoms with Crippen LogP contribution in [0.5, 0.6) is 0 Å². The van der Waals surface area contributed by atoms with Crippen molar-refractivity contribution in [3.63, 3.8) is 0 Å². The van der Waals surface area contributed by atoms with Crippen LogP contribution in [0.3, 0.4) is 0 Å². The first kappa shape index (κ1) is 24.3. The number of aliphatic imine (C=N–C) groups is 1. The summed E-state index contributed by atoms with van der Waals surface area (Å²) in [6, 6.07) is 45.2. The molecule has 5 aromatic carbocycles. The molecule has 6 rings (SSSR count). The molecule has 1 aliphatic rings. The molecule has 0 aliphatic carbocycles. The normalized spacial score (nSPS) is 15.4. The van der Waals surface area contributed by atoms with Gasteiger partial charge in [0.15, 0.2) is 11.4 Å². The van der Waals surface area contributed by atoms with E-state index in [0.29, 0.717) is 10.0 Å². The van der Waals surface area contributed by atoms with E-state index in [0.717, 1.165) is 34.0 Å². The highest BCUT2D eigenvalue weighted by Crippen LogP contribution is 2.52. The molecule has 0 bridgehead atoms. The van der Waals surface area contributed by atoms with Crippen molar-refractivity contribution < 1.29 is 0 Å². The minimum Gasteiger partial charge on any atom is -0.257 e. The van der Waals surface area contributed by atoms with Crippen LogP contribution in [-0.4, -0.2) is 5.84 Å². The quantitative estimate of drug-likeness (QED) is 0.224. The Balaban J connectivity index is 1.69. The second-order valence-corrected chi connectivity index (χ2v) is 10.2. The Labute approximate surface area is 233 Å². The number of benzene rings is 5. The number of anilines is 2. The second kappa shape index (κ2) is 10.0. The van der Waals surface area contributed by atoms with Gasteiger partial charge in [0.25, 0.3) is 0 Å². The molecule has 0 saturated carbocycles. The van der Waals surface area contributed by atoms with Gasteiger partial charge < -0.3 is 0 Å². The largest absolute Gasteiger partial charge is 0.257 e. The van der Waals surface area contributed by atoms with E-state index in [-0.39, 0.29) is 0 Å². The molecule has 38 heavy (non-hydrogen) atoms. The van der Waals surface area contributed by atoms with Crippen molar-refractivity contribution in [2.75, 3.05) is 10.0 Å². The lowest BCUT2D eigenvalue weighted by Gasteiger charge is -2.62. The Morgan fingerprint density at radius 1 is 0.553 bits per heavy atom. The molecule has 3 nitrogen and oxygen atoms in total. The van der Waals surface area contributed by atoms with Gasteiger partial charge in [0.05, 0.1) is 17.1 Å². The molecule has 0 amide bonds. The van der Waals surface area contributed by atoms with E-state index in [2.05, 4.69) is 102 Å². The van der Waals surface area contributed by atoms with Crippen molar-refractivity contribution in [3.8, 4) is 0 Å². The maximum atomic E-state index is 6.33. The Hall–Kier alpha value is -4.05. The number of rotatable bonds is 5. The highest BCUT2D eigenvalue weighted by atomic mass is 35.5. The molecule has 1 fully saturated rings. The number of hydrazine groups is 1. The van der Waals surface area contributed by atoms with Gasteiger partial charge in [-0.15, -0.1) is 0 Å². The van der Waals surface area contributed by atoms with Gasteiger partial charge in [-0.25, -0.2) is 10.0 Å². The van der Waals surface area contributed by atoms with Crippen molar-refractivity contribution >= 4 is 46.1 Å². The summed E-state index contributed by atoms with van der Waals surface area (Å²) < 4.78 is 0.